The third kappa shape index (κ3) is 2.07. The van der Waals surface area contributed by atoms with Crippen LogP contribution < -0.4 is 5.32 Å². The van der Waals surface area contributed by atoms with Crippen LogP contribution in [0.1, 0.15) is 11.1 Å². The minimum Gasteiger partial charge on any atom is -0.388 e. The first-order chi connectivity index (χ1) is 6.36. The van der Waals surface area contributed by atoms with Gasteiger partial charge in [0.2, 0.25) is 0 Å². The molecular weight excluding hydrogens is 198 g/mol. The van der Waals surface area contributed by atoms with Gasteiger partial charge in [-0.25, -0.2) is 8.42 Å². The molecule has 3 nitrogen and oxygen atoms in total. The number of aryl methyl sites for hydroxylation is 1. The predicted octanol–water partition coefficient (Wildman–Crippen LogP) is 1.75. The minimum absolute atomic E-state index is 0.366. The van der Waals surface area contributed by atoms with Gasteiger partial charge in [0.25, 0.3) is 0 Å². The van der Waals surface area contributed by atoms with Gasteiger partial charge in [0.15, 0.2) is 9.84 Å². The zero-order valence-corrected chi connectivity index (χ0v) is 9.70. The second-order valence-corrected chi connectivity index (χ2v) is 5.45. The molecule has 0 amide bonds. The van der Waals surface area contributed by atoms with Crippen molar-refractivity contribution in [3.05, 3.63) is 23.3 Å². The van der Waals surface area contributed by atoms with Crippen LogP contribution >= 0.6 is 0 Å². The molecule has 1 N–H and O–H groups in total. The van der Waals surface area contributed by atoms with E-state index < -0.39 is 9.84 Å². The number of rotatable bonds is 2. The van der Waals surface area contributed by atoms with Crippen LogP contribution in [0.5, 0.6) is 0 Å². The summed E-state index contributed by atoms with van der Waals surface area (Å²) in [6.07, 6.45) is 1.22. The van der Waals surface area contributed by atoms with Crippen LogP contribution in [-0.4, -0.2) is 21.7 Å². The van der Waals surface area contributed by atoms with Gasteiger partial charge in [0.05, 0.1) is 4.90 Å². The third-order valence-corrected chi connectivity index (χ3v) is 3.43. The number of nitrogens with one attached hydrogen (secondary N) is 1. The first-order valence-electron chi connectivity index (χ1n) is 4.35. The van der Waals surface area contributed by atoms with E-state index >= 15 is 0 Å². The van der Waals surface area contributed by atoms with Crippen molar-refractivity contribution in [3.8, 4) is 0 Å². The molecule has 0 atom stereocenters. The van der Waals surface area contributed by atoms with E-state index in [0.29, 0.717) is 4.90 Å². The summed E-state index contributed by atoms with van der Waals surface area (Å²) in [7, 11) is -1.33. The lowest BCUT2D eigenvalue weighted by atomic mass is 10.1. The fourth-order valence-electron chi connectivity index (χ4n) is 1.30. The van der Waals surface area contributed by atoms with Crippen molar-refractivity contribution in [2.75, 3.05) is 18.6 Å². The fourth-order valence-corrected chi connectivity index (χ4v) is 2.02. The van der Waals surface area contributed by atoms with E-state index in [1.165, 1.54) is 6.26 Å². The molecule has 0 aromatic heterocycles. The number of hydrogen-bond donors (Lipinski definition) is 1. The van der Waals surface area contributed by atoms with Gasteiger partial charge in [0, 0.05) is 19.0 Å². The largest absolute Gasteiger partial charge is 0.388 e. The smallest absolute Gasteiger partial charge is 0.175 e. The second-order valence-electron chi connectivity index (χ2n) is 3.43. The quantitative estimate of drug-likeness (QED) is 0.814. The molecule has 1 aromatic carbocycles. The first-order valence-corrected chi connectivity index (χ1v) is 6.24. The van der Waals surface area contributed by atoms with Crippen LogP contribution in [0.15, 0.2) is 17.0 Å². The molecule has 0 unspecified atom stereocenters. The molecule has 0 aliphatic carbocycles. The molecule has 0 radical (unpaired) electrons. The van der Waals surface area contributed by atoms with Crippen molar-refractivity contribution >= 4 is 15.5 Å². The van der Waals surface area contributed by atoms with Gasteiger partial charge in [-0.2, -0.15) is 0 Å². The van der Waals surface area contributed by atoms with Crippen LogP contribution in [0.2, 0.25) is 0 Å². The summed E-state index contributed by atoms with van der Waals surface area (Å²) in [4.78, 5) is 0.366. The summed E-state index contributed by atoms with van der Waals surface area (Å²) in [6.45, 7) is 3.87. The molecule has 4 heteroatoms. The lowest BCUT2D eigenvalue weighted by Gasteiger charge is -2.10. The zero-order chi connectivity index (χ0) is 10.9. The van der Waals surface area contributed by atoms with Crippen molar-refractivity contribution in [3.63, 3.8) is 0 Å². The average Bonchev–Trinajstić information content (AvgIpc) is 2.07. The van der Waals surface area contributed by atoms with Crippen molar-refractivity contribution in [1.82, 2.24) is 0 Å². The monoisotopic (exact) mass is 213 g/mol. The normalized spacial score (nSPS) is 11.4. The van der Waals surface area contributed by atoms with Crippen molar-refractivity contribution in [1.29, 1.82) is 0 Å². The van der Waals surface area contributed by atoms with Gasteiger partial charge in [-0.1, -0.05) is 0 Å². The highest BCUT2D eigenvalue weighted by Gasteiger charge is 2.10. The summed E-state index contributed by atoms with van der Waals surface area (Å²) < 4.78 is 22.7. The predicted molar refractivity (Wildman–Crippen MR) is 58.6 cm³/mol. The number of sulfone groups is 1. The van der Waals surface area contributed by atoms with Gasteiger partial charge in [0.1, 0.15) is 0 Å². The Morgan fingerprint density at radius 3 is 2.21 bits per heavy atom. The maximum atomic E-state index is 11.3. The van der Waals surface area contributed by atoms with Gasteiger partial charge in [-0.3, -0.25) is 0 Å². The van der Waals surface area contributed by atoms with Crippen LogP contribution in [-0.2, 0) is 9.84 Å². The van der Waals surface area contributed by atoms with Crippen LogP contribution in [0.25, 0.3) is 0 Å². The van der Waals surface area contributed by atoms with E-state index in [4.69, 9.17) is 0 Å². The number of hydrogen-bond acceptors (Lipinski definition) is 3. The molecule has 0 aliphatic heterocycles. The Hall–Kier alpha value is -1.03. The van der Waals surface area contributed by atoms with E-state index in [0.717, 1.165) is 16.8 Å². The van der Waals surface area contributed by atoms with Crippen molar-refractivity contribution in [2.45, 2.75) is 18.7 Å². The highest BCUT2D eigenvalue weighted by atomic mass is 32.2. The minimum atomic E-state index is -3.11. The average molecular weight is 213 g/mol. The zero-order valence-electron chi connectivity index (χ0n) is 8.88. The van der Waals surface area contributed by atoms with Gasteiger partial charge < -0.3 is 5.32 Å². The Kier molecular flexibility index (Phi) is 2.85. The molecule has 0 saturated carbocycles. The Bertz CT molecular complexity index is 449. The SMILES string of the molecule is CNc1cc(S(C)(=O)=O)cc(C)c1C. The molecule has 0 aliphatic rings. The van der Waals surface area contributed by atoms with E-state index in [2.05, 4.69) is 5.32 Å². The van der Waals surface area contributed by atoms with E-state index in [1.54, 1.807) is 19.2 Å². The summed E-state index contributed by atoms with van der Waals surface area (Å²) in [6, 6.07) is 3.36. The van der Waals surface area contributed by atoms with Crippen molar-refractivity contribution in [2.24, 2.45) is 0 Å². The number of anilines is 1. The Labute approximate surface area is 85.1 Å². The Morgan fingerprint density at radius 2 is 1.79 bits per heavy atom. The van der Waals surface area contributed by atoms with E-state index in [9.17, 15) is 8.42 Å². The molecule has 78 valence electrons. The summed E-state index contributed by atoms with van der Waals surface area (Å²) in [5.74, 6) is 0. The molecule has 0 fully saturated rings. The van der Waals surface area contributed by atoms with Gasteiger partial charge in [-0.15, -0.1) is 0 Å². The molecule has 0 bridgehead atoms. The van der Waals surface area contributed by atoms with Crippen molar-refractivity contribution < 1.29 is 8.42 Å². The first kappa shape index (κ1) is 11.0. The molecule has 1 rings (SSSR count). The Balaban J connectivity index is 3.46. The molecule has 0 heterocycles. The highest BCUT2D eigenvalue weighted by molar-refractivity contribution is 7.90. The molecular formula is C10H15NO2S. The van der Waals surface area contributed by atoms with E-state index in [1.807, 2.05) is 13.8 Å². The Morgan fingerprint density at radius 1 is 1.21 bits per heavy atom. The maximum Gasteiger partial charge on any atom is 0.175 e. The topological polar surface area (TPSA) is 46.2 Å². The molecule has 0 spiro atoms. The van der Waals surface area contributed by atoms with Gasteiger partial charge >= 0.3 is 0 Å². The van der Waals surface area contributed by atoms with Crippen LogP contribution in [0.4, 0.5) is 5.69 Å². The summed E-state index contributed by atoms with van der Waals surface area (Å²) >= 11 is 0. The van der Waals surface area contributed by atoms with E-state index in [-0.39, 0.29) is 0 Å². The van der Waals surface area contributed by atoms with Gasteiger partial charge in [-0.05, 0) is 37.1 Å². The highest BCUT2D eigenvalue weighted by Crippen LogP contribution is 2.23. The van der Waals surface area contributed by atoms with Crippen LogP contribution in [0.3, 0.4) is 0 Å². The molecule has 14 heavy (non-hydrogen) atoms. The standard InChI is InChI=1S/C10H15NO2S/c1-7-5-9(14(4,12)13)6-10(11-3)8(7)2/h5-6,11H,1-4H3. The lowest BCUT2D eigenvalue weighted by molar-refractivity contribution is 0.602. The molecule has 1 aromatic rings. The third-order valence-electron chi connectivity index (χ3n) is 2.34. The maximum absolute atomic E-state index is 11.3. The fraction of sp³-hybridized carbons (Fsp3) is 0.400. The second kappa shape index (κ2) is 3.61. The number of benzene rings is 1. The summed E-state index contributed by atoms with van der Waals surface area (Å²) in [5.41, 5.74) is 2.93. The lowest BCUT2D eigenvalue weighted by Crippen LogP contribution is -2.01. The summed E-state index contributed by atoms with van der Waals surface area (Å²) in [5, 5.41) is 2.98. The molecule has 0 saturated heterocycles. The van der Waals surface area contributed by atoms with Crippen LogP contribution in [0, 0.1) is 13.8 Å².